The second kappa shape index (κ2) is 4.51. The number of anilines is 1. The van der Waals surface area contributed by atoms with Crippen LogP contribution in [0.1, 0.15) is 16.2 Å². The van der Waals surface area contributed by atoms with Crippen molar-refractivity contribution in [2.75, 3.05) is 5.32 Å². The first kappa shape index (κ1) is 11.9. The summed E-state index contributed by atoms with van der Waals surface area (Å²) < 4.78 is 2.91. The van der Waals surface area contributed by atoms with Crippen molar-refractivity contribution >= 4 is 33.0 Å². The van der Waals surface area contributed by atoms with Crippen LogP contribution in [0.25, 0.3) is 10.1 Å². The van der Waals surface area contributed by atoms with Gasteiger partial charge >= 0.3 is 0 Å². The molecule has 96 valence electrons. The number of hydrogen-bond donors (Lipinski definition) is 1. The van der Waals surface area contributed by atoms with Crippen LogP contribution in [0.4, 0.5) is 5.69 Å². The van der Waals surface area contributed by atoms with Crippen LogP contribution >= 0.6 is 11.3 Å². The second-order valence-corrected chi connectivity index (χ2v) is 5.37. The molecule has 0 spiro atoms. The lowest BCUT2D eigenvalue weighted by Gasteiger charge is -2.03. The summed E-state index contributed by atoms with van der Waals surface area (Å²) in [5.41, 5.74) is 2.18. The zero-order valence-corrected chi connectivity index (χ0v) is 11.5. The molecule has 0 bridgehead atoms. The number of aromatic nitrogens is 2. The van der Waals surface area contributed by atoms with Gasteiger partial charge in [0.05, 0.1) is 0 Å². The van der Waals surface area contributed by atoms with E-state index in [1.165, 1.54) is 4.70 Å². The van der Waals surface area contributed by atoms with Gasteiger partial charge in [0.25, 0.3) is 5.91 Å². The Kier molecular flexibility index (Phi) is 2.83. The Morgan fingerprint density at radius 3 is 2.89 bits per heavy atom. The molecule has 4 nitrogen and oxygen atoms in total. The fourth-order valence-electron chi connectivity index (χ4n) is 1.91. The summed E-state index contributed by atoms with van der Waals surface area (Å²) in [6.45, 7) is 1.92. The van der Waals surface area contributed by atoms with E-state index < -0.39 is 0 Å². The third-order valence-corrected chi connectivity index (χ3v) is 3.95. The summed E-state index contributed by atoms with van der Waals surface area (Å²) in [5, 5.41) is 10.2. The molecule has 3 rings (SSSR count). The van der Waals surface area contributed by atoms with Crippen LogP contribution in [-0.4, -0.2) is 15.7 Å². The third kappa shape index (κ3) is 2.24. The van der Waals surface area contributed by atoms with Gasteiger partial charge in [0.2, 0.25) is 0 Å². The molecule has 0 saturated carbocycles. The molecule has 0 aliphatic heterocycles. The highest BCUT2D eigenvalue weighted by atomic mass is 32.1. The Balaban J connectivity index is 1.85. The van der Waals surface area contributed by atoms with Gasteiger partial charge in [-0.2, -0.15) is 5.10 Å². The summed E-state index contributed by atoms with van der Waals surface area (Å²) in [7, 11) is 1.82. The lowest BCUT2D eigenvalue weighted by Crippen LogP contribution is -2.12. The molecule has 0 fully saturated rings. The van der Waals surface area contributed by atoms with E-state index in [0.29, 0.717) is 5.69 Å². The predicted molar refractivity (Wildman–Crippen MR) is 77.7 cm³/mol. The number of rotatable bonds is 2. The first-order valence-corrected chi connectivity index (χ1v) is 6.81. The number of hydrogen-bond acceptors (Lipinski definition) is 3. The van der Waals surface area contributed by atoms with E-state index in [2.05, 4.69) is 10.4 Å². The second-order valence-electron chi connectivity index (χ2n) is 4.42. The Hall–Kier alpha value is -2.14. The first-order valence-electron chi connectivity index (χ1n) is 5.93. The van der Waals surface area contributed by atoms with Crippen molar-refractivity contribution in [2.24, 2.45) is 7.05 Å². The summed E-state index contributed by atoms with van der Waals surface area (Å²) in [6, 6.07) is 9.71. The van der Waals surface area contributed by atoms with Crippen LogP contribution in [0.15, 0.2) is 35.7 Å². The van der Waals surface area contributed by atoms with Crippen molar-refractivity contribution in [3.63, 3.8) is 0 Å². The molecule has 0 unspecified atom stereocenters. The van der Waals surface area contributed by atoms with Gasteiger partial charge in [-0.1, -0.05) is 0 Å². The van der Waals surface area contributed by atoms with Crippen LogP contribution in [0.3, 0.4) is 0 Å². The Morgan fingerprint density at radius 2 is 2.16 bits per heavy atom. The van der Waals surface area contributed by atoms with Crippen LogP contribution in [0, 0.1) is 6.92 Å². The monoisotopic (exact) mass is 271 g/mol. The average molecular weight is 271 g/mol. The van der Waals surface area contributed by atoms with Gasteiger partial charge in [0.15, 0.2) is 5.69 Å². The minimum absolute atomic E-state index is 0.182. The highest BCUT2D eigenvalue weighted by molar-refractivity contribution is 7.17. The molecule has 0 aliphatic rings. The van der Waals surface area contributed by atoms with Gasteiger partial charge < -0.3 is 5.32 Å². The van der Waals surface area contributed by atoms with E-state index in [4.69, 9.17) is 0 Å². The first-order chi connectivity index (χ1) is 9.13. The minimum atomic E-state index is -0.182. The molecule has 0 saturated heterocycles. The van der Waals surface area contributed by atoms with E-state index in [-0.39, 0.29) is 5.91 Å². The maximum Gasteiger partial charge on any atom is 0.276 e. The predicted octanol–water partition coefficient (Wildman–Crippen LogP) is 3.20. The van der Waals surface area contributed by atoms with E-state index in [1.807, 2.05) is 43.6 Å². The zero-order valence-electron chi connectivity index (χ0n) is 10.7. The summed E-state index contributed by atoms with van der Waals surface area (Å²) in [5.74, 6) is -0.182. The van der Waals surface area contributed by atoms with Crippen molar-refractivity contribution in [3.8, 4) is 0 Å². The maximum absolute atomic E-state index is 12.1. The number of nitrogens with one attached hydrogen (secondary N) is 1. The average Bonchev–Trinajstić information content (AvgIpc) is 2.96. The molecule has 3 aromatic rings. The Bertz CT molecular complexity index is 737. The quantitative estimate of drug-likeness (QED) is 0.778. The molecule has 0 aliphatic carbocycles. The topological polar surface area (TPSA) is 46.9 Å². The van der Waals surface area contributed by atoms with Crippen LogP contribution in [0.2, 0.25) is 0 Å². The maximum atomic E-state index is 12.1. The molecule has 2 heterocycles. The van der Waals surface area contributed by atoms with Crippen molar-refractivity contribution in [1.29, 1.82) is 0 Å². The largest absolute Gasteiger partial charge is 0.321 e. The number of aryl methyl sites for hydroxylation is 2. The lowest BCUT2D eigenvalue weighted by molar-refractivity contribution is 0.102. The number of benzene rings is 1. The minimum Gasteiger partial charge on any atom is -0.321 e. The van der Waals surface area contributed by atoms with Gasteiger partial charge in [-0.05, 0) is 48.0 Å². The molecular formula is C14H13N3OS. The van der Waals surface area contributed by atoms with E-state index in [0.717, 1.165) is 16.8 Å². The van der Waals surface area contributed by atoms with Crippen molar-refractivity contribution < 1.29 is 4.79 Å². The van der Waals surface area contributed by atoms with Gasteiger partial charge in [-0.25, -0.2) is 0 Å². The van der Waals surface area contributed by atoms with Crippen LogP contribution in [0.5, 0.6) is 0 Å². The Morgan fingerprint density at radius 1 is 1.32 bits per heavy atom. The van der Waals surface area contributed by atoms with Gasteiger partial charge in [-0.15, -0.1) is 11.3 Å². The number of fused-ring (bicyclic) bond motifs is 1. The van der Waals surface area contributed by atoms with Crippen molar-refractivity contribution in [2.45, 2.75) is 6.92 Å². The summed E-state index contributed by atoms with van der Waals surface area (Å²) in [4.78, 5) is 12.1. The molecule has 2 aromatic heterocycles. The standard InChI is InChI=1S/C14H13N3OS/c1-9-7-12(16-17(9)2)14(18)15-11-3-4-13-10(8-11)5-6-19-13/h3-8H,1-2H3,(H,15,18). The molecule has 1 amide bonds. The van der Waals surface area contributed by atoms with Gasteiger partial charge in [0.1, 0.15) is 0 Å². The molecule has 19 heavy (non-hydrogen) atoms. The number of thiophene rings is 1. The SMILES string of the molecule is Cc1cc(C(=O)Nc2ccc3sccc3c2)nn1C. The molecule has 0 radical (unpaired) electrons. The van der Waals surface area contributed by atoms with E-state index in [9.17, 15) is 4.79 Å². The fraction of sp³-hybridized carbons (Fsp3) is 0.143. The Labute approximate surface area is 114 Å². The molecule has 0 atom stereocenters. The van der Waals surface area contributed by atoms with Gasteiger partial charge in [0, 0.05) is 23.1 Å². The fourth-order valence-corrected chi connectivity index (χ4v) is 2.68. The van der Waals surface area contributed by atoms with Crippen LogP contribution in [-0.2, 0) is 7.05 Å². The normalized spacial score (nSPS) is 10.8. The molecule has 1 aromatic carbocycles. The smallest absolute Gasteiger partial charge is 0.276 e. The summed E-state index contributed by atoms with van der Waals surface area (Å²) in [6.07, 6.45) is 0. The van der Waals surface area contributed by atoms with Crippen molar-refractivity contribution in [3.05, 3.63) is 47.1 Å². The van der Waals surface area contributed by atoms with E-state index in [1.54, 1.807) is 22.1 Å². The number of amides is 1. The highest BCUT2D eigenvalue weighted by Crippen LogP contribution is 2.24. The lowest BCUT2D eigenvalue weighted by atomic mass is 10.2. The number of carbonyl (C=O) groups excluding carboxylic acids is 1. The van der Waals surface area contributed by atoms with Crippen molar-refractivity contribution in [1.82, 2.24) is 9.78 Å². The third-order valence-electron chi connectivity index (χ3n) is 3.06. The number of carbonyl (C=O) groups is 1. The number of nitrogens with zero attached hydrogens (tertiary/aromatic N) is 2. The molecule has 5 heteroatoms. The van der Waals surface area contributed by atoms with Crippen LogP contribution < -0.4 is 5.32 Å². The highest BCUT2D eigenvalue weighted by Gasteiger charge is 2.11. The zero-order chi connectivity index (χ0) is 13.4. The molecular weight excluding hydrogens is 258 g/mol. The molecule has 1 N–H and O–H groups in total. The van der Waals surface area contributed by atoms with E-state index >= 15 is 0 Å². The summed E-state index contributed by atoms with van der Waals surface area (Å²) >= 11 is 1.69. The van der Waals surface area contributed by atoms with Gasteiger partial charge in [-0.3, -0.25) is 9.48 Å².